The Hall–Kier alpha value is -3.10. The van der Waals surface area contributed by atoms with Crippen LogP contribution in [-0.2, 0) is 0 Å². The van der Waals surface area contributed by atoms with E-state index in [1.54, 1.807) is 12.4 Å². The molecule has 2 aromatic heterocycles. The summed E-state index contributed by atoms with van der Waals surface area (Å²) in [6.07, 6.45) is 4.69. The van der Waals surface area contributed by atoms with Gasteiger partial charge >= 0.3 is 0 Å². The van der Waals surface area contributed by atoms with Gasteiger partial charge in [0.15, 0.2) is 11.6 Å². The Morgan fingerprint density at radius 1 is 1.10 bits per heavy atom. The monoisotopic (exact) mass is 289 g/mol. The minimum absolute atomic E-state index is 0.0150. The third kappa shape index (κ3) is 2.76. The van der Waals surface area contributed by atoms with Gasteiger partial charge in [-0.05, 0) is 12.1 Å². The van der Waals surface area contributed by atoms with Crippen molar-refractivity contribution in [2.45, 2.75) is 0 Å². The van der Waals surface area contributed by atoms with Crippen LogP contribution >= 0.6 is 0 Å². The Morgan fingerprint density at radius 3 is 2.67 bits per heavy atom. The zero-order valence-electron chi connectivity index (χ0n) is 10.5. The third-order valence-corrected chi connectivity index (χ3v) is 2.55. The molecule has 1 aromatic carbocycles. The quantitative estimate of drug-likeness (QED) is 0.761. The van der Waals surface area contributed by atoms with Crippen LogP contribution in [0.4, 0.5) is 26.4 Å². The lowest BCUT2D eigenvalue weighted by atomic mass is 10.3. The Labute approximate surface area is 117 Å². The number of nitrogens with one attached hydrogen (secondary N) is 1. The first-order valence-corrected chi connectivity index (χ1v) is 5.84. The van der Waals surface area contributed by atoms with Crippen molar-refractivity contribution in [2.75, 3.05) is 11.1 Å². The average molecular weight is 289 g/mol. The summed E-state index contributed by atoms with van der Waals surface area (Å²) >= 11 is 0. The zero-order chi connectivity index (χ0) is 14.8. The molecule has 7 nitrogen and oxygen atoms in total. The second-order valence-electron chi connectivity index (χ2n) is 4.04. The van der Waals surface area contributed by atoms with Gasteiger partial charge < -0.3 is 11.1 Å². The molecule has 3 aromatic rings. The van der Waals surface area contributed by atoms with Crippen molar-refractivity contribution in [3.63, 3.8) is 0 Å². The summed E-state index contributed by atoms with van der Waals surface area (Å²) in [4.78, 5) is 15.8. The highest BCUT2D eigenvalue weighted by atomic mass is 19.2. The number of rotatable bonds is 3. The number of anilines is 3. The van der Waals surface area contributed by atoms with Gasteiger partial charge in [-0.1, -0.05) is 0 Å². The lowest BCUT2D eigenvalue weighted by molar-refractivity contribution is 0.509. The molecular formula is C12H9F2N7. The maximum atomic E-state index is 13.2. The molecule has 0 aliphatic rings. The molecule has 2 heterocycles. The molecule has 0 atom stereocenters. The van der Waals surface area contributed by atoms with E-state index in [1.807, 2.05) is 0 Å². The van der Waals surface area contributed by atoms with E-state index in [9.17, 15) is 8.78 Å². The highest BCUT2D eigenvalue weighted by Gasteiger charge is 2.08. The van der Waals surface area contributed by atoms with Gasteiger partial charge in [-0.2, -0.15) is 15.0 Å². The maximum absolute atomic E-state index is 13.2. The van der Waals surface area contributed by atoms with E-state index < -0.39 is 11.6 Å². The Kier molecular flexibility index (Phi) is 3.14. The molecular weight excluding hydrogens is 280 g/mol. The van der Waals surface area contributed by atoms with Crippen LogP contribution in [0.25, 0.3) is 5.95 Å². The predicted molar refractivity (Wildman–Crippen MR) is 71.0 cm³/mol. The number of halogens is 2. The van der Waals surface area contributed by atoms with Crippen molar-refractivity contribution in [2.24, 2.45) is 0 Å². The molecule has 3 rings (SSSR count). The van der Waals surface area contributed by atoms with Crippen LogP contribution in [0.15, 0.2) is 36.9 Å². The van der Waals surface area contributed by atoms with E-state index in [4.69, 9.17) is 5.73 Å². The largest absolute Gasteiger partial charge is 0.368 e. The first kappa shape index (κ1) is 12.9. The fraction of sp³-hybridized carbons (Fsp3) is 0. The van der Waals surface area contributed by atoms with E-state index in [-0.39, 0.29) is 23.5 Å². The van der Waals surface area contributed by atoms with Crippen LogP contribution in [-0.4, -0.2) is 24.5 Å². The van der Waals surface area contributed by atoms with Crippen molar-refractivity contribution < 1.29 is 8.78 Å². The summed E-state index contributed by atoms with van der Waals surface area (Å²) in [5.41, 5.74) is 5.89. The number of hydrogen-bond donors (Lipinski definition) is 2. The van der Waals surface area contributed by atoms with Gasteiger partial charge in [0.2, 0.25) is 17.8 Å². The van der Waals surface area contributed by atoms with Crippen molar-refractivity contribution in [1.29, 1.82) is 0 Å². The molecule has 0 amide bonds. The van der Waals surface area contributed by atoms with E-state index in [0.29, 0.717) is 0 Å². The molecule has 0 aliphatic heterocycles. The number of aromatic nitrogens is 5. The topological polar surface area (TPSA) is 94.5 Å². The first-order valence-electron chi connectivity index (χ1n) is 5.84. The van der Waals surface area contributed by atoms with Crippen LogP contribution in [0.1, 0.15) is 0 Å². The lowest BCUT2D eigenvalue weighted by Crippen LogP contribution is -2.08. The van der Waals surface area contributed by atoms with Crippen molar-refractivity contribution in [3.8, 4) is 5.95 Å². The molecule has 0 saturated heterocycles. The highest BCUT2D eigenvalue weighted by molar-refractivity contribution is 5.54. The number of nitrogen functional groups attached to an aromatic ring is 1. The number of hydrogen-bond acceptors (Lipinski definition) is 6. The predicted octanol–water partition coefficient (Wildman–Crippen LogP) is 1.66. The molecule has 3 N–H and O–H groups in total. The Bertz CT molecular complexity index is 773. The number of nitrogens with zero attached hydrogens (tertiary/aromatic N) is 5. The fourth-order valence-electron chi connectivity index (χ4n) is 1.63. The first-order chi connectivity index (χ1) is 10.1. The SMILES string of the molecule is Nc1nc(Nc2ccc(F)c(F)c2)nc(-n2ccnc2)n1. The molecule has 0 spiro atoms. The second-order valence-corrected chi connectivity index (χ2v) is 4.04. The van der Waals surface area contributed by atoms with Gasteiger partial charge in [-0.15, -0.1) is 0 Å². The van der Waals surface area contributed by atoms with E-state index >= 15 is 0 Å². The summed E-state index contributed by atoms with van der Waals surface area (Å²) < 4.78 is 27.6. The minimum atomic E-state index is -0.975. The molecule has 0 saturated carbocycles. The Morgan fingerprint density at radius 2 is 1.95 bits per heavy atom. The van der Waals surface area contributed by atoms with Crippen LogP contribution in [0.2, 0.25) is 0 Å². The summed E-state index contributed by atoms with van der Waals surface area (Å²) in [7, 11) is 0. The fourth-order valence-corrected chi connectivity index (χ4v) is 1.63. The maximum Gasteiger partial charge on any atom is 0.241 e. The third-order valence-electron chi connectivity index (χ3n) is 2.55. The van der Waals surface area contributed by atoms with Gasteiger partial charge in [0, 0.05) is 24.1 Å². The van der Waals surface area contributed by atoms with Gasteiger partial charge in [0.1, 0.15) is 6.33 Å². The van der Waals surface area contributed by atoms with Gasteiger partial charge in [0.25, 0.3) is 0 Å². The molecule has 106 valence electrons. The van der Waals surface area contributed by atoms with Gasteiger partial charge in [-0.3, -0.25) is 4.57 Å². The summed E-state index contributed by atoms with van der Waals surface area (Å²) in [6, 6.07) is 3.35. The molecule has 0 aliphatic carbocycles. The van der Waals surface area contributed by atoms with Crippen LogP contribution in [0.5, 0.6) is 0 Å². The number of benzene rings is 1. The van der Waals surface area contributed by atoms with Crippen molar-refractivity contribution >= 4 is 17.6 Å². The second kappa shape index (κ2) is 5.12. The van der Waals surface area contributed by atoms with E-state index in [0.717, 1.165) is 12.1 Å². The molecule has 0 radical (unpaired) electrons. The standard InChI is InChI=1S/C12H9F2N7/c13-8-2-1-7(5-9(8)14)17-11-18-10(15)19-12(20-11)21-4-3-16-6-21/h1-6H,(H3,15,17,18,19,20). The molecule has 9 heteroatoms. The van der Waals surface area contributed by atoms with Gasteiger partial charge in [0.05, 0.1) is 0 Å². The number of imidazole rings is 1. The van der Waals surface area contributed by atoms with Crippen LogP contribution in [0, 0.1) is 11.6 Å². The molecule has 0 bridgehead atoms. The molecule has 21 heavy (non-hydrogen) atoms. The van der Waals surface area contributed by atoms with Crippen molar-refractivity contribution in [3.05, 3.63) is 48.6 Å². The highest BCUT2D eigenvalue weighted by Crippen LogP contribution is 2.17. The van der Waals surface area contributed by atoms with E-state index in [1.165, 1.54) is 17.0 Å². The minimum Gasteiger partial charge on any atom is -0.368 e. The zero-order valence-corrected chi connectivity index (χ0v) is 10.5. The van der Waals surface area contributed by atoms with Crippen LogP contribution in [0.3, 0.4) is 0 Å². The summed E-state index contributed by atoms with van der Waals surface area (Å²) in [5, 5.41) is 2.73. The molecule has 0 unspecified atom stereocenters. The van der Waals surface area contributed by atoms with E-state index in [2.05, 4.69) is 25.3 Å². The number of nitrogens with two attached hydrogens (primary N) is 1. The molecule has 0 fully saturated rings. The smallest absolute Gasteiger partial charge is 0.241 e. The normalized spacial score (nSPS) is 10.6. The Balaban J connectivity index is 1.93. The summed E-state index contributed by atoms with van der Waals surface area (Å²) in [5.74, 6) is -1.56. The lowest BCUT2D eigenvalue weighted by Gasteiger charge is -2.07. The summed E-state index contributed by atoms with van der Waals surface area (Å²) in [6.45, 7) is 0. The van der Waals surface area contributed by atoms with Crippen LogP contribution < -0.4 is 11.1 Å². The van der Waals surface area contributed by atoms with Gasteiger partial charge in [-0.25, -0.2) is 13.8 Å². The van der Waals surface area contributed by atoms with Crippen molar-refractivity contribution in [1.82, 2.24) is 24.5 Å². The average Bonchev–Trinajstić information content (AvgIpc) is 2.96.